The number of likely N-dealkylation sites (tertiary alicyclic amines) is 1. The number of methoxy groups -OCH3 is 1. The second-order valence-corrected chi connectivity index (χ2v) is 8.36. The van der Waals surface area contributed by atoms with E-state index in [1.807, 2.05) is 39.5 Å². The van der Waals surface area contributed by atoms with Crippen molar-refractivity contribution in [3.8, 4) is 0 Å². The van der Waals surface area contributed by atoms with Gasteiger partial charge in [-0.15, -0.1) is 0 Å². The Balaban J connectivity index is 0.000000335. The molecule has 5 heteroatoms. The predicted molar refractivity (Wildman–Crippen MR) is 105 cm³/mol. The molecule has 3 fully saturated rings. The van der Waals surface area contributed by atoms with E-state index in [1.165, 1.54) is 39.0 Å². The molecule has 2 aliphatic heterocycles. The first-order chi connectivity index (χ1) is 11.8. The predicted octanol–water partition coefficient (Wildman–Crippen LogP) is 2.56. The van der Waals surface area contributed by atoms with E-state index in [9.17, 15) is 4.79 Å². The Morgan fingerprint density at radius 3 is 1.76 bits per heavy atom. The van der Waals surface area contributed by atoms with E-state index in [4.69, 9.17) is 4.74 Å². The molecule has 25 heavy (non-hydrogen) atoms. The highest BCUT2D eigenvalue weighted by molar-refractivity contribution is 5.47. The summed E-state index contributed by atoms with van der Waals surface area (Å²) in [6.07, 6.45) is 3.67. The van der Waals surface area contributed by atoms with E-state index in [1.54, 1.807) is 7.11 Å². The maximum Gasteiger partial charge on any atom is 0.209 e. The van der Waals surface area contributed by atoms with Crippen molar-refractivity contribution in [1.29, 1.82) is 0 Å². The van der Waals surface area contributed by atoms with Gasteiger partial charge in [-0.2, -0.15) is 0 Å². The topological polar surface area (TPSA) is 36.0 Å². The molecule has 0 spiro atoms. The first-order valence-electron chi connectivity index (χ1n) is 9.99. The zero-order valence-electron chi connectivity index (χ0n) is 17.6. The minimum Gasteiger partial charge on any atom is -0.379 e. The molecule has 3 atom stereocenters. The number of carbonyl (C=O) groups is 1. The summed E-state index contributed by atoms with van der Waals surface area (Å²) < 4.78 is 4.94. The Morgan fingerprint density at radius 1 is 0.960 bits per heavy atom. The summed E-state index contributed by atoms with van der Waals surface area (Å²) in [7, 11) is 3.92. The molecule has 148 valence electrons. The minimum absolute atomic E-state index is 0.0417. The second kappa shape index (κ2) is 10.5. The molecule has 3 aliphatic rings. The number of piperazine rings is 1. The standard InChI is InChI=1S/C13H23N3O.C5H12O.C2H6/c1-14-2-4-16(5-3-14)13-6-11-8-15(10-17)9-12(11)7-13;1-5(2,3)6-4;1-2/h10-13H,2-9H2,1H3;1-4H3;1-2H3/t11-,12+,13?;;. The zero-order chi connectivity index (χ0) is 19.0. The van der Waals surface area contributed by atoms with Crippen molar-refractivity contribution in [2.75, 3.05) is 53.4 Å². The van der Waals surface area contributed by atoms with Crippen molar-refractivity contribution in [3.05, 3.63) is 0 Å². The van der Waals surface area contributed by atoms with Crippen LogP contribution in [-0.2, 0) is 9.53 Å². The average molecular weight is 356 g/mol. The molecule has 1 amide bonds. The SMILES string of the molecule is CC.CN1CCN(C2C[C@@H]3CN(C=O)C[C@@H]3C2)CC1.COC(C)(C)C. The van der Waals surface area contributed by atoms with Crippen molar-refractivity contribution >= 4 is 6.41 Å². The van der Waals surface area contributed by atoms with Crippen molar-refractivity contribution in [3.63, 3.8) is 0 Å². The van der Waals surface area contributed by atoms with Crippen LogP contribution < -0.4 is 0 Å². The van der Waals surface area contributed by atoms with E-state index < -0.39 is 0 Å². The van der Waals surface area contributed by atoms with Crippen molar-refractivity contribution in [1.82, 2.24) is 14.7 Å². The van der Waals surface area contributed by atoms with Gasteiger partial charge in [-0.3, -0.25) is 9.69 Å². The van der Waals surface area contributed by atoms with Crippen molar-refractivity contribution < 1.29 is 9.53 Å². The molecule has 0 aromatic carbocycles. The number of ether oxygens (including phenoxy) is 1. The fraction of sp³-hybridized carbons (Fsp3) is 0.950. The minimum atomic E-state index is 0.0417. The molecule has 1 unspecified atom stereocenters. The van der Waals surface area contributed by atoms with Crippen molar-refractivity contribution in [2.45, 2.75) is 59.1 Å². The quantitative estimate of drug-likeness (QED) is 0.713. The molecule has 2 heterocycles. The molecule has 1 saturated carbocycles. The lowest BCUT2D eigenvalue weighted by Gasteiger charge is -2.37. The Hall–Kier alpha value is -0.650. The van der Waals surface area contributed by atoms with Gasteiger partial charge in [0.25, 0.3) is 0 Å². The number of amides is 1. The maximum absolute atomic E-state index is 10.8. The van der Waals surface area contributed by atoms with Crippen LogP contribution in [0.4, 0.5) is 0 Å². The summed E-state index contributed by atoms with van der Waals surface area (Å²) >= 11 is 0. The second-order valence-electron chi connectivity index (χ2n) is 8.36. The molecular formula is C20H41N3O2. The first-order valence-corrected chi connectivity index (χ1v) is 9.99. The van der Waals surface area contributed by atoms with Crippen LogP contribution in [0.1, 0.15) is 47.5 Å². The molecule has 0 N–H and O–H groups in total. The molecule has 5 nitrogen and oxygen atoms in total. The summed E-state index contributed by atoms with van der Waals surface area (Å²) in [4.78, 5) is 17.8. The van der Waals surface area contributed by atoms with Gasteiger partial charge >= 0.3 is 0 Å². The van der Waals surface area contributed by atoms with Crippen LogP contribution in [0.15, 0.2) is 0 Å². The number of hydrogen-bond acceptors (Lipinski definition) is 4. The largest absolute Gasteiger partial charge is 0.379 e. The number of likely N-dealkylation sites (N-methyl/N-ethyl adjacent to an activating group) is 1. The Morgan fingerprint density at radius 2 is 1.40 bits per heavy atom. The first kappa shape index (κ1) is 22.4. The van der Waals surface area contributed by atoms with E-state index in [0.29, 0.717) is 0 Å². The molecule has 2 saturated heterocycles. The van der Waals surface area contributed by atoms with Crippen LogP contribution in [-0.4, -0.2) is 86.2 Å². The van der Waals surface area contributed by atoms with Gasteiger partial charge in [-0.25, -0.2) is 0 Å². The van der Waals surface area contributed by atoms with Crippen LogP contribution >= 0.6 is 0 Å². The summed E-state index contributed by atoms with van der Waals surface area (Å²) in [5, 5.41) is 0. The average Bonchev–Trinajstić information content (AvgIpc) is 3.16. The van der Waals surface area contributed by atoms with Crippen LogP contribution in [0.3, 0.4) is 0 Å². The number of carbonyl (C=O) groups excluding carboxylic acids is 1. The Kier molecular flexibility index (Phi) is 9.39. The molecule has 3 rings (SSSR count). The third kappa shape index (κ3) is 7.24. The number of rotatable bonds is 2. The van der Waals surface area contributed by atoms with Crippen LogP contribution in [0, 0.1) is 11.8 Å². The van der Waals surface area contributed by atoms with Gasteiger partial charge < -0.3 is 14.5 Å². The Bertz CT molecular complexity index is 362. The monoisotopic (exact) mass is 355 g/mol. The van der Waals surface area contributed by atoms with Crippen LogP contribution in [0.2, 0.25) is 0 Å². The number of hydrogen-bond donors (Lipinski definition) is 0. The molecular weight excluding hydrogens is 314 g/mol. The highest BCUT2D eigenvalue weighted by Gasteiger charge is 2.42. The van der Waals surface area contributed by atoms with E-state index in [-0.39, 0.29) is 5.60 Å². The fourth-order valence-corrected chi connectivity index (χ4v) is 3.88. The third-order valence-corrected chi connectivity index (χ3v) is 5.57. The lowest BCUT2D eigenvalue weighted by Crippen LogP contribution is -2.48. The highest BCUT2D eigenvalue weighted by Crippen LogP contribution is 2.39. The van der Waals surface area contributed by atoms with Crippen LogP contribution in [0.25, 0.3) is 0 Å². The fourth-order valence-electron chi connectivity index (χ4n) is 3.88. The molecule has 1 aliphatic carbocycles. The van der Waals surface area contributed by atoms with Gasteiger partial charge in [-0.05, 0) is 52.5 Å². The maximum atomic E-state index is 10.8. The third-order valence-electron chi connectivity index (χ3n) is 5.57. The lowest BCUT2D eigenvalue weighted by molar-refractivity contribution is -0.117. The summed E-state index contributed by atoms with van der Waals surface area (Å²) in [5.41, 5.74) is 0.0417. The van der Waals surface area contributed by atoms with E-state index >= 15 is 0 Å². The normalized spacial score (nSPS) is 30.0. The van der Waals surface area contributed by atoms with Gasteiger partial charge in [0.2, 0.25) is 6.41 Å². The molecule has 0 radical (unpaired) electrons. The number of nitrogens with zero attached hydrogens (tertiary/aromatic N) is 3. The zero-order valence-corrected chi connectivity index (χ0v) is 17.6. The molecule has 0 aromatic rings. The van der Waals surface area contributed by atoms with E-state index in [0.717, 1.165) is 37.4 Å². The lowest BCUT2D eigenvalue weighted by atomic mass is 10.0. The van der Waals surface area contributed by atoms with E-state index in [2.05, 4.69) is 16.8 Å². The van der Waals surface area contributed by atoms with Gasteiger partial charge in [0.1, 0.15) is 0 Å². The van der Waals surface area contributed by atoms with Gasteiger partial charge in [0.05, 0.1) is 5.60 Å². The van der Waals surface area contributed by atoms with Crippen LogP contribution in [0.5, 0.6) is 0 Å². The van der Waals surface area contributed by atoms with Crippen molar-refractivity contribution in [2.24, 2.45) is 11.8 Å². The summed E-state index contributed by atoms with van der Waals surface area (Å²) in [6, 6.07) is 0.799. The highest BCUT2D eigenvalue weighted by atomic mass is 16.5. The number of fused-ring (bicyclic) bond motifs is 1. The molecule has 0 bridgehead atoms. The van der Waals surface area contributed by atoms with Gasteiger partial charge in [0.15, 0.2) is 0 Å². The summed E-state index contributed by atoms with van der Waals surface area (Å²) in [6.45, 7) is 17.0. The van der Waals surface area contributed by atoms with Gasteiger partial charge in [-0.1, -0.05) is 13.8 Å². The van der Waals surface area contributed by atoms with Gasteiger partial charge in [0, 0.05) is 52.4 Å². The summed E-state index contributed by atoms with van der Waals surface area (Å²) in [5.74, 6) is 1.56. The molecule has 0 aromatic heterocycles. The smallest absolute Gasteiger partial charge is 0.209 e. The Labute approximate surface area is 155 Å².